The number of anilines is 1. The first-order valence-corrected chi connectivity index (χ1v) is 10.7. The molecule has 0 radical (unpaired) electrons. The topological polar surface area (TPSA) is 66.5 Å². The highest BCUT2D eigenvalue weighted by atomic mass is 79.9. The zero-order chi connectivity index (χ0) is 18.7. The summed E-state index contributed by atoms with van der Waals surface area (Å²) in [5.41, 5.74) is 1.76. The molecular weight excluding hydrogens is 464 g/mol. The van der Waals surface area contributed by atoms with Crippen molar-refractivity contribution in [2.45, 2.75) is 36.0 Å². The smallest absolute Gasteiger partial charge is 0.247 e. The zero-order valence-corrected chi connectivity index (χ0v) is 17.7. The van der Waals surface area contributed by atoms with E-state index in [9.17, 15) is 14.4 Å². The van der Waals surface area contributed by atoms with Gasteiger partial charge in [-0.3, -0.25) is 19.3 Å². The van der Waals surface area contributed by atoms with Gasteiger partial charge in [0.1, 0.15) is 6.04 Å². The van der Waals surface area contributed by atoms with Crippen LogP contribution in [0.2, 0.25) is 0 Å². The second-order valence-corrected chi connectivity index (χ2v) is 9.70. The van der Waals surface area contributed by atoms with Crippen LogP contribution in [0.5, 0.6) is 0 Å². The van der Waals surface area contributed by atoms with Crippen LogP contribution in [0.15, 0.2) is 24.3 Å². The summed E-state index contributed by atoms with van der Waals surface area (Å²) in [5, 5.41) is 2.80. The number of fused-ring (bicyclic) bond motifs is 5. The fourth-order valence-corrected chi connectivity index (χ4v) is 6.63. The van der Waals surface area contributed by atoms with Crippen molar-refractivity contribution in [3.8, 4) is 0 Å². The van der Waals surface area contributed by atoms with Crippen LogP contribution in [0.3, 0.4) is 0 Å². The largest absolute Gasteiger partial charge is 0.324 e. The number of rotatable bonds is 3. The van der Waals surface area contributed by atoms with Gasteiger partial charge in [0.05, 0.1) is 11.8 Å². The number of benzene rings is 1. The van der Waals surface area contributed by atoms with Gasteiger partial charge in [-0.05, 0) is 44.2 Å². The van der Waals surface area contributed by atoms with Gasteiger partial charge in [-0.25, -0.2) is 0 Å². The highest BCUT2D eigenvalue weighted by Crippen LogP contribution is 2.60. The van der Waals surface area contributed by atoms with Gasteiger partial charge in [0.25, 0.3) is 0 Å². The third kappa shape index (κ3) is 2.58. The van der Waals surface area contributed by atoms with E-state index in [0.717, 1.165) is 12.0 Å². The third-order valence-corrected chi connectivity index (χ3v) is 9.31. The molecule has 1 saturated heterocycles. The maximum absolute atomic E-state index is 13.0. The minimum atomic E-state index is -0.816. The average molecular weight is 484 g/mol. The Morgan fingerprint density at radius 1 is 1.08 bits per heavy atom. The Kier molecular flexibility index (Phi) is 4.50. The summed E-state index contributed by atoms with van der Waals surface area (Å²) >= 11 is 7.34. The maximum Gasteiger partial charge on any atom is 0.247 e. The van der Waals surface area contributed by atoms with E-state index in [0.29, 0.717) is 5.69 Å². The van der Waals surface area contributed by atoms with Crippen LogP contribution in [0, 0.1) is 30.6 Å². The van der Waals surface area contributed by atoms with Crippen molar-refractivity contribution >= 4 is 55.3 Å². The number of likely N-dealkylation sites (tertiary alicyclic amines) is 1. The molecule has 2 aliphatic carbocycles. The Labute approximate surface area is 169 Å². The molecule has 1 aromatic rings. The molecule has 2 bridgehead atoms. The van der Waals surface area contributed by atoms with Gasteiger partial charge in [0, 0.05) is 15.3 Å². The van der Waals surface area contributed by atoms with E-state index < -0.39 is 6.04 Å². The summed E-state index contributed by atoms with van der Waals surface area (Å²) in [5.74, 6) is -0.994. The summed E-state index contributed by atoms with van der Waals surface area (Å²) in [6, 6.07) is 6.62. The highest BCUT2D eigenvalue weighted by Gasteiger charge is 2.67. The fraction of sp³-hybridized carbons (Fsp3) is 0.526. The molecule has 5 nitrogen and oxygen atoms in total. The predicted molar refractivity (Wildman–Crippen MR) is 105 cm³/mol. The molecule has 0 unspecified atom stereocenters. The van der Waals surface area contributed by atoms with E-state index in [2.05, 4.69) is 37.2 Å². The number of aryl methyl sites for hydroxylation is 1. The van der Waals surface area contributed by atoms with Crippen LogP contribution in [0.4, 0.5) is 5.69 Å². The van der Waals surface area contributed by atoms with Gasteiger partial charge in [-0.1, -0.05) is 49.6 Å². The molecule has 1 aliphatic heterocycles. The summed E-state index contributed by atoms with van der Waals surface area (Å²) in [4.78, 5) is 40.2. The van der Waals surface area contributed by atoms with E-state index >= 15 is 0 Å². The van der Waals surface area contributed by atoms with Gasteiger partial charge >= 0.3 is 0 Å². The Bertz CT molecular complexity index is 749. The molecule has 26 heavy (non-hydrogen) atoms. The third-order valence-electron chi connectivity index (χ3n) is 6.11. The first-order chi connectivity index (χ1) is 12.3. The lowest BCUT2D eigenvalue weighted by Crippen LogP contribution is -2.46. The molecule has 0 aromatic heterocycles. The first-order valence-electron chi connectivity index (χ1n) is 8.84. The number of nitrogens with zero attached hydrogens (tertiary/aromatic N) is 1. The van der Waals surface area contributed by atoms with Crippen LogP contribution >= 0.6 is 31.9 Å². The standard InChI is InChI=1S/C19H20Br2N2O3/c1-8-3-5-10(6-4-8)22-17(24)9(2)23-18(25)13-11-7-12(14(13)19(23)26)16(21)15(11)20/h3-6,9,11-16H,7H2,1-2H3,(H,22,24)/t9-,11+,12+,13+,14+,15-,16-/m0/s1. The van der Waals surface area contributed by atoms with Crippen LogP contribution in [-0.2, 0) is 14.4 Å². The van der Waals surface area contributed by atoms with Crippen molar-refractivity contribution in [2.24, 2.45) is 23.7 Å². The number of halogens is 2. The second kappa shape index (κ2) is 6.44. The number of hydrogen-bond donors (Lipinski definition) is 1. The van der Waals surface area contributed by atoms with Gasteiger partial charge in [-0.15, -0.1) is 0 Å². The van der Waals surface area contributed by atoms with Gasteiger partial charge in [0.15, 0.2) is 0 Å². The molecule has 7 atom stereocenters. The lowest BCUT2D eigenvalue weighted by Gasteiger charge is -2.28. The van der Waals surface area contributed by atoms with Gasteiger partial charge < -0.3 is 5.32 Å². The van der Waals surface area contributed by atoms with Crippen molar-refractivity contribution in [3.63, 3.8) is 0 Å². The normalized spacial score (nSPS) is 36.4. The van der Waals surface area contributed by atoms with Crippen molar-refractivity contribution in [1.29, 1.82) is 0 Å². The van der Waals surface area contributed by atoms with Crippen molar-refractivity contribution < 1.29 is 14.4 Å². The first kappa shape index (κ1) is 18.2. The van der Waals surface area contributed by atoms with Crippen LogP contribution in [0.25, 0.3) is 0 Å². The van der Waals surface area contributed by atoms with Crippen molar-refractivity contribution in [1.82, 2.24) is 4.90 Å². The quantitative estimate of drug-likeness (QED) is 0.530. The van der Waals surface area contributed by atoms with Gasteiger partial charge in [0.2, 0.25) is 17.7 Å². The Balaban J connectivity index is 1.53. The van der Waals surface area contributed by atoms with Crippen molar-refractivity contribution in [2.75, 3.05) is 5.32 Å². The Morgan fingerprint density at radius 2 is 1.58 bits per heavy atom. The number of hydrogen-bond acceptors (Lipinski definition) is 3. The number of alkyl halides is 2. The van der Waals surface area contributed by atoms with E-state index in [1.165, 1.54) is 4.90 Å². The molecule has 1 N–H and O–H groups in total. The summed E-state index contributed by atoms with van der Waals surface area (Å²) < 4.78 is 0. The van der Waals surface area contributed by atoms with E-state index in [1.54, 1.807) is 6.92 Å². The molecule has 0 spiro atoms. The molecule has 1 heterocycles. The van der Waals surface area contributed by atoms with Crippen molar-refractivity contribution in [3.05, 3.63) is 29.8 Å². The highest BCUT2D eigenvalue weighted by molar-refractivity contribution is 9.12. The molecule has 3 aliphatic rings. The Morgan fingerprint density at radius 3 is 2.08 bits per heavy atom. The summed E-state index contributed by atoms with van der Waals surface area (Å²) in [6.45, 7) is 3.59. The predicted octanol–water partition coefficient (Wildman–Crippen LogP) is 3.10. The number of carbonyl (C=O) groups is 3. The number of imide groups is 1. The SMILES string of the molecule is Cc1ccc(NC(=O)[C@H](C)N2C(=O)[C@@H]3[C@H]4C[C@@H]([C@H](Br)[C@H]4Br)[C@H]3C2=O)cc1. The molecule has 7 heteroatoms. The minimum absolute atomic E-state index is 0.156. The van der Waals surface area contributed by atoms with Gasteiger partial charge in [-0.2, -0.15) is 0 Å². The maximum atomic E-state index is 13.0. The van der Waals surface area contributed by atoms with E-state index in [4.69, 9.17) is 0 Å². The molecule has 138 valence electrons. The minimum Gasteiger partial charge on any atom is -0.324 e. The molecule has 1 aromatic carbocycles. The molecule has 3 fully saturated rings. The lowest BCUT2D eigenvalue weighted by molar-refractivity contribution is -0.146. The van der Waals surface area contributed by atoms with Crippen LogP contribution in [-0.4, -0.2) is 38.3 Å². The van der Waals surface area contributed by atoms with E-state index in [1.807, 2.05) is 31.2 Å². The number of amides is 3. The summed E-state index contributed by atoms with van der Waals surface area (Å²) in [7, 11) is 0. The zero-order valence-electron chi connectivity index (χ0n) is 14.5. The average Bonchev–Trinajstić information content (AvgIpc) is 3.21. The summed E-state index contributed by atoms with van der Waals surface area (Å²) in [6.07, 6.45) is 0.885. The lowest BCUT2D eigenvalue weighted by atomic mass is 9.81. The fourth-order valence-electron chi connectivity index (χ4n) is 4.75. The Hall–Kier alpha value is -1.21. The molecule has 2 saturated carbocycles. The number of nitrogens with one attached hydrogen (secondary N) is 1. The van der Waals surface area contributed by atoms with E-state index in [-0.39, 0.29) is 51.0 Å². The molecule has 3 amide bonds. The second-order valence-electron chi connectivity index (χ2n) is 7.58. The molecule has 4 rings (SSSR count). The monoisotopic (exact) mass is 482 g/mol. The van der Waals surface area contributed by atoms with Crippen LogP contribution < -0.4 is 5.32 Å². The number of carbonyl (C=O) groups excluding carboxylic acids is 3. The molecular formula is C19H20Br2N2O3. The van der Waals surface area contributed by atoms with Crippen LogP contribution in [0.1, 0.15) is 18.9 Å².